The molecule has 1 aliphatic rings. The highest BCUT2D eigenvalue weighted by atomic mass is 32.2. The summed E-state index contributed by atoms with van der Waals surface area (Å²) in [4.78, 5) is 23.1. The van der Waals surface area contributed by atoms with Crippen LogP contribution in [0, 0.1) is 6.92 Å². The van der Waals surface area contributed by atoms with Crippen LogP contribution in [-0.4, -0.2) is 40.0 Å². The summed E-state index contributed by atoms with van der Waals surface area (Å²) in [5.41, 5.74) is 2.96. The normalized spacial score (nSPS) is 20.4. The van der Waals surface area contributed by atoms with Crippen molar-refractivity contribution in [3.8, 4) is 0 Å². The van der Waals surface area contributed by atoms with Crippen molar-refractivity contribution >= 4 is 34.6 Å². The van der Waals surface area contributed by atoms with Crippen LogP contribution >= 0.6 is 11.8 Å². The number of ether oxygens (including phenoxy) is 1. The summed E-state index contributed by atoms with van der Waals surface area (Å²) >= 11 is 1.58. The quantitative estimate of drug-likeness (QED) is 0.807. The van der Waals surface area contributed by atoms with Crippen LogP contribution in [0.2, 0.25) is 0 Å². The number of carbonyl (C=O) groups is 2. The second-order valence-electron chi connectivity index (χ2n) is 5.68. The first kappa shape index (κ1) is 16.9. The fourth-order valence-electron chi connectivity index (χ4n) is 3.11. The van der Waals surface area contributed by atoms with E-state index in [0.717, 1.165) is 22.2 Å². The minimum atomic E-state index is -0.835. The molecule has 0 aliphatic carbocycles. The van der Waals surface area contributed by atoms with Crippen molar-refractivity contribution in [3.05, 3.63) is 35.5 Å². The molecule has 1 fully saturated rings. The summed E-state index contributed by atoms with van der Waals surface area (Å²) in [5, 5.41) is 13.3. The molecule has 24 heavy (non-hydrogen) atoms. The zero-order valence-corrected chi connectivity index (χ0v) is 14.4. The fraction of sp³-hybridized carbons (Fsp3) is 0.412. The van der Waals surface area contributed by atoms with Gasteiger partial charge in [-0.25, -0.2) is 0 Å². The first-order valence-electron chi connectivity index (χ1n) is 7.86. The number of aromatic nitrogens is 1. The molecular formula is C17H20N2O4S. The SMILES string of the molecule is CCOC(=O)Cn1c(C)c([C@H]2N[C@H](C(=O)O)CS2)c2ccccc21. The van der Waals surface area contributed by atoms with E-state index >= 15 is 0 Å². The summed E-state index contributed by atoms with van der Waals surface area (Å²) in [7, 11) is 0. The number of para-hydroxylation sites is 1. The highest BCUT2D eigenvalue weighted by Crippen LogP contribution is 2.40. The van der Waals surface area contributed by atoms with Gasteiger partial charge in [0.1, 0.15) is 12.6 Å². The van der Waals surface area contributed by atoms with E-state index in [1.807, 2.05) is 35.8 Å². The number of hydrogen-bond acceptors (Lipinski definition) is 5. The minimum Gasteiger partial charge on any atom is -0.480 e. The molecule has 1 aromatic carbocycles. The maximum Gasteiger partial charge on any atom is 0.325 e. The number of thioether (sulfide) groups is 1. The highest BCUT2D eigenvalue weighted by Gasteiger charge is 2.33. The predicted molar refractivity (Wildman–Crippen MR) is 93.1 cm³/mol. The summed E-state index contributed by atoms with van der Waals surface area (Å²) in [6.45, 7) is 4.25. The van der Waals surface area contributed by atoms with Gasteiger partial charge in [-0.05, 0) is 19.9 Å². The van der Waals surface area contributed by atoms with Crippen LogP contribution in [0.5, 0.6) is 0 Å². The number of rotatable bonds is 5. The Morgan fingerprint density at radius 2 is 2.17 bits per heavy atom. The Labute approximate surface area is 144 Å². The average molecular weight is 348 g/mol. The largest absolute Gasteiger partial charge is 0.480 e. The number of nitrogens with one attached hydrogen (secondary N) is 1. The topological polar surface area (TPSA) is 80.6 Å². The average Bonchev–Trinajstić information content (AvgIpc) is 3.12. The monoisotopic (exact) mass is 348 g/mol. The Morgan fingerprint density at radius 3 is 2.83 bits per heavy atom. The standard InChI is InChI=1S/C17H20N2O4S/c1-3-23-14(20)8-19-10(2)15(11-6-4-5-7-13(11)19)16-18-12(9-24-16)17(21)22/h4-7,12,16,18H,3,8-9H2,1-2H3,(H,21,22)/t12-,16-/m0/s1. The van der Waals surface area contributed by atoms with Gasteiger partial charge in [-0.1, -0.05) is 18.2 Å². The van der Waals surface area contributed by atoms with Crippen molar-refractivity contribution in [1.82, 2.24) is 9.88 Å². The molecule has 2 atom stereocenters. The van der Waals surface area contributed by atoms with Crippen molar-refractivity contribution in [3.63, 3.8) is 0 Å². The molecule has 1 aromatic heterocycles. The van der Waals surface area contributed by atoms with Gasteiger partial charge in [-0.3, -0.25) is 14.9 Å². The molecule has 0 unspecified atom stereocenters. The number of carboxylic acid groups (broad SMARTS) is 1. The Kier molecular flexibility index (Phi) is 4.82. The lowest BCUT2D eigenvalue weighted by molar-refractivity contribution is -0.143. The van der Waals surface area contributed by atoms with Gasteiger partial charge in [0.25, 0.3) is 0 Å². The Balaban J connectivity index is 2.01. The van der Waals surface area contributed by atoms with E-state index in [1.165, 1.54) is 0 Å². The predicted octanol–water partition coefficient (Wildman–Crippen LogP) is 2.30. The van der Waals surface area contributed by atoms with Crippen molar-refractivity contribution < 1.29 is 19.4 Å². The lowest BCUT2D eigenvalue weighted by atomic mass is 10.1. The Hall–Kier alpha value is -1.99. The van der Waals surface area contributed by atoms with Crippen molar-refractivity contribution in [2.75, 3.05) is 12.4 Å². The highest BCUT2D eigenvalue weighted by molar-refractivity contribution is 7.99. The number of hydrogen-bond donors (Lipinski definition) is 2. The Bertz CT molecular complexity index is 786. The van der Waals surface area contributed by atoms with Crippen LogP contribution in [-0.2, 0) is 20.9 Å². The van der Waals surface area contributed by atoms with Crippen molar-refractivity contribution in [1.29, 1.82) is 0 Å². The molecule has 0 bridgehead atoms. The number of benzene rings is 1. The number of esters is 1. The van der Waals surface area contributed by atoms with E-state index in [-0.39, 0.29) is 17.9 Å². The number of carboxylic acids is 1. The van der Waals surface area contributed by atoms with Crippen LogP contribution in [0.1, 0.15) is 23.6 Å². The second kappa shape index (κ2) is 6.86. The molecular weight excluding hydrogens is 328 g/mol. The summed E-state index contributed by atoms with van der Waals surface area (Å²) < 4.78 is 7.02. The van der Waals surface area contributed by atoms with Crippen LogP contribution in [0.3, 0.4) is 0 Å². The molecule has 0 saturated carbocycles. The van der Waals surface area contributed by atoms with E-state index in [9.17, 15) is 14.7 Å². The number of fused-ring (bicyclic) bond motifs is 1. The van der Waals surface area contributed by atoms with Gasteiger partial charge in [0.2, 0.25) is 0 Å². The van der Waals surface area contributed by atoms with Gasteiger partial charge in [0.15, 0.2) is 0 Å². The van der Waals surface area contributed by atoms with E-state index in [1.54, 1.807) is 18.7 Å². The lowest BCUT2D eigenvalue weighted by Gasteiger charge is -2.13. The minimum absolute atomic E-state index is 0.0977. The molecule has 0 spiro atoms. The molecule has 2 heterocycles. The van der Waals surface area contributed by atoms with E-state index in [0.29, 0.717) is 12.4 Å². The molecule has 0 amide bonds. The molecule has 3 rings (SSSR count). The molecule has 128 valence electrons. The number of carbonyl (C=O) groups excluding carboxylic acids is 1. The van der Waals surface area contributed by atoms with Crippen LogP contribution in [0.4, 0.5) is 0 Å². The maximum atomic E-state index is 11.9. The third-order valence-corrected chi connectivity index (χ3v) is 5.45. The third kappa shape index (κ3) is 3.01. The first-order chi connectivity index (χ1) is 11.5. The molecule has 6 nitrogen and oxygen atoms in total. The van der Waals surface area contributed by atoms with E-state index in [4.69, 9.17) is 4.74 Å². The van der Waals surface area contributed by atoms with E-state index in [2.05, 4.69) is 5.32 Å². The van der Waals surface area contributed by atoms with Gasteiger partial charge in [0, 0.05) is 27.9 Å². The molecule has 7 heteroatoms. The van der Waals surface area contributed by atoms with Gasteiger partial charge >= 0.3 is 11.9 Å². The molecule has 1 saturated heterocycles. The van der Waals surface area contributed by atoms with Crippen LogP contribution < -0.4 is 5.32 Å². The first-order valence-corrected chi connectivity index (χ1v) is 8.91. The zero-order valence-electron chi connectivity index (χ0n) is 13.6. The van der Waals surface area contributed by atoms with Crippen molar-refractivity contribution in [2.24, 2.45) is 0 Å². The number of nitrogens with zero attached hydrogens (tertiary/aromatic N) is 1. The fourth-order valence-corrected chi connectivity index (χ4v) is 4.46. The molecule has 1 aliphatic heterocycles. The lowest BCUT2D eigenvalue weighted by Crippen LogP contribution is -2.33. The summed E-state index contributed by atoms with van der Waals surface area (Å²) in [6, 6.07) is 7.32. The van der Waals surface area contributed by atoms with Gasteiger partial charge in [0.05, 0.1) is 12.0 Å². The molecule has 2 N–H and O–H groups in total. The maximum absolute atomic E-state index is 11.9. The number of aliphatic carboxylic acids is 1. The van der Waals surface area contributed by atoms with Gasteiger partial charge in [-0.15, -0.1) is 11.8 Å². The molecule has 0 radical (unpaired) electrons. The van der Waals surface area contributed by atoms with E-state index < -0.39 is 12.0 Å². The van der Waals surface area contributed by atoms with Gasteiger partial charge in [-0.2, -0.15) is 0 Å². The zero-order chi connectivity index (χ0) is 17.3. The third-order valence-electron chi connectivity index (χ3n) is 4.21. The van der Waals surface area contributed by atoms with Crippen LogP contribution in [0.25, 0.3) is 10.9 Å². The van der Waals surface area contributed by atoms with Crippen molar-refractivity contribution in [2.45, 2.75) is 31.8 Å². The summed E-state index contributed by atoms with van der Waals surface area (Å²) in [5.74, 6) is -0.585. The smallest absolute Gasteiger partial charge is 0.325 e. The second-order valence-corrected chi connectivity index (χ2v) is 6.82. The molecule has 2 aromatic rings. The Morgan fingerprint density at radius 1 is 1.42 bits per heavy atom. The van der Waals surface area contributed by atoms with Crippen LogP contribution in [0.15, 0.2) is 24.3 Å². The summed E-state index contributed by atoms with van der Waals surface area (Å²) in [6.07, 6.45) is 0. The van der Waals surface area contributed by atoms with Gasteiger partial charge < -0.3 is 14.4 Å².